The normalized spacial score (nSPS) is 43.6. The highest BCUT2D eigenvalue weighted by Crippen LogP contribution is 2.41. The molecule has 4 aliphatic rings. The summed E-state index contributed by atoms with van der Waals surface area (Å²) in [4.78, 5) is 0. The Morgan fingerprint density at radius 2 is 1.56 bits per heavy atom. The van der Waals surface area contributed by atoms with E-state index >= 15 is 0 Å². The molecule has 25 heavy (non-hydrogen) atoms. The number of hydrogen-bond acceptors (Lipinski definition) is 4. The zero-order chi connectivity index (χ0) is 17.1. The number of halogens is 1. The fourth-order valence-corrected chi connectivity index (χ4v) is 6.05. The van der Waals surface area contributed by atoms with Gasteiger partial charge >= 0.3 is 0 Å². The van der Waals surface area contributed by atoms with E-state index in [-0.39, 0.29) is 0 Å². The van der Waals surface area contributed by atoms with Crippen molar-refractivity contribution in [3.8, 4) is 0 Å². The maximum absolute atomic E-state index is 6.34. The minimum absolute atomic E-state index is 0.420. The molecule has 0 radical (unpaired) electrons. The van der Waals surface area contributed by atoms with Crippen molar-refractivity contribution in [2.45, 2.75) is 81.8 Å². The van der Waals surface area contributed by atoms with Crippen molar-refractivity contribution in [3.63, 3.8) is 0 Å². The summed E-state index contributed by atoms with van der Waals surface area (Å²) in [5.41, 5.74) is 7.45. The van der Waals surface area contributed by atoms with Crippen LogP contribution in [0.15, 0.2) is 0 Å². The third kappa shape index (κ3) is 4.52. The fraction of sp³-hybridized carbons (Fsp3) is 1.00. The van der Waals surface area contributed by atoms with Crippen LogP contribution in [0.4, 0.5) is 0 Å². The van der Waals surface area contributed by atoms with E-state index in [1.807, 2.05) is 0 Å². The van der Waals surface area contributed by atoms with E-state index in [9.17, 15) is 0 Å². The lowest BCUT2D eigenvalue weighted by atomic mass is 9.67. The summed E-state index contributed by atoms with van der Waals surface area (Å²) < 4.78 is 5.50. The van der Waals surface area contributed by atoms with Crippen molar-refractivity contribution in [1.29, 1.82) is 0 Å². The molecule has 4 unspecified atom stereocenters. The van der Waals surface area contributed by atoms with Crippen molar-refractivity contribution >= 4 is 11.6 Å². The molecular formula is C20H36ClN3O. The van der Waals surface area contributed by atoms with Crippen molar-refractivity contribution in [3.05, 3.63) is 0 Å². The van der Waals surface area contributed by atoms with E-state index in [1.54, 1.807) is 0 Å². The number of hydrogen-bond donors (Lipinski definition) is 3. The first-order chi connectivity index (χ1) is 12.3. The van der Waals surface area contributed by atoms with Gasteiger partial charge in [0.05, 0.1) is 6.17 Å². The Balaban J connectivity index is 1.34. The van der Waals surface area contributed by atoms with E-state index in [1.165, 1.54) is 64.2 Å². The fourth-order valence-electron chi connectivity index (χ4n) is 5.80. The number of nitrogens with one attached hydrogen (secondary N) is 3. The predicted molar refractivity (Wildman–Crippen MR) is 102 cm³/mol. The summed E-state index contributed by atoms with van der Waals surface area (Å²) in [6.45, 7) is 3.02. The van der Waals surface area contributed by atoms with Crippen LogP contribution in [-0.4, -0.2) is 37.3 Å². The van der Waals surface area contributed by atoms with Crippen LogP contribution in [-0.2, 0) is 4.74 Å². The van der Waals surface area contributed by atoms with Crippen LogP contribution in [0, 0.1) is 23.7 Å². The van der Waals surface area contributed by atoms with Gasteiger partial charge in [-0.05, 0) is 81.6 Å². The molecule has 2 aliphatic heterocycles. The van der Waals surface area contributed by atoms with Crippen molar-refractivity contribution < 1.29 is 4.74 Å². The van der Waals surface area contributed by atoms with E-state index in [4.69, 9.17) is 16.3 Å². The minimum Gasteiger partial charge on any atom is -0.381 e. The van der Waals surface area contributed by atoms with Crippen LogP contribution < -0.4 is 16.2 Å². The average molecular weight is 370 g/mol. The van der Waals surface area contributed by atoms with Crippen LogP contribution in [0.1, 0.15) is 64.2 Å². The molecule has 0 aromatic heterocycles. The van der Waals surface area contributed by atoms with E-state index < -0.39 is 0 Å². The van der Waals surface area contributed by atoms with Gasteiger partial charge in [0.2, 0.25) is 0 Å². The molecule has 5 heteroatoms. The van der Waals surface area contributed by atoms with Gasteiger partial charge in [-0.3, -0.25) is 5.43 Å². The largest absolute Gasteiger partial charge is 0.381 e. The molecule has 4 fully saturated rings. The Morgan fingerprint density at radius 1 is 0.840 bits per heavy atom. The molecule has 144 valence electrons. The molecule has 2 aliphatic carbocycles. The molecule has 4 rings (SSSR count). The molecule has 4 atom stereocenters. The molecule has 0 amide bonds. The van der Waals surface area contributed by atoms with E-state index in [2.05, 4.69) is 16.2 Å². The molecule has 2 saturated heterocycles. The first-order valence-electron chi connectivity index (χ1n) is 10.8. The quantitative estimate of drug-likeness (QED) is 0.664. The molecular weight excluding hydrogens is 334 g/mol. The number of hydrazine groups is 1. The van der Waals surface area contributed by atoms with Gasteiger partial charge in [-0.2, -0.15) is 0 Å². The number of ether oxygens (including phenoxy) is 1. The number of fused-ring (bicyclic) bond motifs is 1. The third-order valence-corrected chi connectivity index (χ3v) is 7.78. The smallest absolute Gasteiger partial charge is 0.0736 e. The summed E-state index contributed by atoms with van der Waals surface area (Å²) in [5, 5.41) is 4.29. The zero-order valence-electron chi connectivity index (χ0n) is 15.5. The van der Waals surface area contributed by atoms with Crippen LogP contribution in [0.25, 0.3) is 0 Å². The van der Waals surface area contributed by atoms with Gasteiger partial charge in [-0.25, -0.2) is 5.43 Å². The second-order valence-corrected chi connectivity index (χ2v) is 9.50. The highest BCUT2D eigenvalue weighted by molar-refractivity contribution is 6.20. The summed E-state index contributed by atoms with van der Waals surface area (Å²) in [7, 11) is 0. The highest BCUT2D eigenvalue weighted by atomic mass is 35.5. The minimum atomic E-state index is 0.420. The second kappa shape index (κ2) is 8.88. The monoisotopic (exact) mass is 369 g/mol. The van der Waals surface area contributed by atoms with Crippen LogP contribution in [0.3, 0.4) is 0 Å². The molecule has 0 bridgehead atoms. The van der Waals surface area contributed by atoms with E-state index in [0.29, 0.717) is 17.6 Å². The van der Waals surface area contributed by atoms with Crippen LogP contribution in [0.2, 0.25) is 0 Å². The van der Waals surface area contributed by atoms with E-state index in [0.717, 1.165) is 43.4 Å². The number of rotatable bonds is 4. The molecule has 3 N–H and O–H groups in total. The van der Waals surface area contributed by atoms with Crippen LogP contribution >= 0.6 is 11.6 Å². The lowest BCUT2D eigenvalue weighted by Gasteiger charge is -2.50. The SMILES string of the molecule is ClC1CCC(C2NNC(NCC3CCOCC3)C3CCCCC32)CC1. The van der Waals surface area contributed by atoms with Crippen molar-refractivity contribution in [1.82, 2.24) is 16.2 Å². The molecule has 0 spiro atoms. The summed E-state index contributed by atoms with van der Waals surface area (Å²) >= 11 is 6.34. The van der Waals surface area contributed by atoms with Gasteiger partial charge < -0.3 is 10.1 Å². The van der Waals surface area contributed by atoms with Gasteiger partial charge in [0.1, 0.15) is 0 Å². The zero-order valence-corrected chi connectivity index (χ0v) is 16.3. The maximum atomic E-state index is 6.34. The molecule has 2 saturated carbocycles. The standard InChI is InChI=1S/C20H36ClN3O/c21-16-7-5-15(6-8-16)19-17-3-1-2-4-18(17)20(24-23-19)22-13-14-9-11-25-12-10-14/h14-20,22-24H,1-13H2. The average Bonchev–Trinajstić information content (AvgIpc) is 2.68. The molecule has 2 heterocycles. The topological polar surface area (TPSA) is 45.3 Å². The van der Waals surface area contributed by atoms with Crippen molar-refractivity contribution in [2.75, 3.05) is 19.8 Å². The highest BCUT2D eigenvalue weighted by Gasteiger charge is 2.43. The van der Waals surface area contributed by atoms with Gasteiger partial charge in [-0.1, -0.05) is 12.8 Å². The molecule has 0 aromatic rings. The van der Waals surface area contributed by atoms with Gasteiger partial charge in [0.25, 0.3) is 0 Å². The maximum Gasteiger partial charge on any atom is 0.0736 e. The van der Waals surface area contributed by atoms with Gasteiger partial charge in [0.15, 0.2) is 0 Å². The predicted octanol–water partition coefficient (Wildman–Crippen LogP) is 3.41. The Labute approximate surface area is 158 Å². The second-order valence-electron chi connectivity index (χ2n) is 8.88. The Kier molecular flexibility index (Phi) is 6.57. The summed E-state index contributed by atoms with van der Waals surface area (Å²) in [6.07, 6.45) is 13.5. The third-order valence-electron chi connectivity index (χ3n) is 7.35. The van der Waals surface area contributed by atoms with Crippen LogP contribution in [0.5, 0.6) is 0 Å². The summed E-state index contributed by atoms with van der Waals surface area (Å²) in [6, 6.07) is 0.649. The number of alkyl halides is 1. The summed E-state index contributed by atoms with van der Waals surface area (Å²) in [5.74, 6) is 3.21. The Morgan fingerprint density at radius 3 is 2.32 bits per heavy atom. The van der Waals surface area contributed by atoms with Gasteiger partial charge in [-0.15, -0.1) is 11.6 Å². The lowest BCUT2D eigenvalue weighted by molar-refractivity contribution is 0.0184. The first-order valence-corrected chi connectivity index (χ1v) is 11.2. The Bertz CT molecular complexity index is 410. The Hall–Kier alpha value is 0.130. The van der Waals surface area contributed by atoms with Crippen molar-refractivity contribution in [2.24, 2.45) is 23.7 Å². The molecule has 4 nitrogen and oxygen atoms in total. The first kappa shape index (κ1) is 18.5. The molecule has 0 aromatic carbocycles. The van der Waals surface area contributed by atoms with Gasteiger partial charge in [0, 0.05) is 24.6 Å². The lowest BCUT2D eigenvalue weighted by Crippen LogP contribution is -2.67.